The van der Waals surface area contributed by atoms with Crippen LogP contribution in [-0.2, 0) is 0 Å². The maximum atomic E-state index is 12.1. The van der Waals surface area contributed by atoms with Crippen LogP contribution in [0.5, 0.6) is 5.75 Å². The van der Waals surface area contributed by atoms with E-state index in [1.165, 1.54) is 6.26 Å². The van der Waals surface area contributed by atoms with Gasteiger partial charge in [-0.2, -0.15) is 0 Å². The fraction of sp³-hybridized carbons (Fsp3) is 0.267. The number of furan rings is 1. The third-order valence-corrected chi connectivity index (χ3v) is 3.81. The first-order valence-corrected chi connectivity index (χ1v) is 7.27. The molecule has 2 aromatic rings. The molecule has 0 aliphatic carbocycles. The van der Waals surface area contributed by atoms with Gasteiger partial charge in [0.25, 0.3) is 5.91 Å². The number of nitrogens with zero attached hydrogens (tertiary/aromatic N) is 1. The molecule has 0 radical (unpaired) electrons. The zero-order chi connectivity index (χ0) is 13.9. The van der Waals surface area contributed by atoms with Crippen molar-refractivity contribution in [2.24, 2.45) is 0 Å². The quantitative estimate of drug-likeness (QED) is 0.863. The van der Waals surface area contributed by atoms with Crippen molar-refractivity contribution in [3.63, 3.8) is 0 Å². The van der Waals surface area contributed by atoms with Gasteiger partial charge in [0.2, 0.25) is 0 Å². The Bertz CT molecular complexity index is 580. The molecule has 1 aromatic carbocycles. The van der Waals surface area contributed by atoms with Crippen molar-refractivity contribution in [3.05, 3.63) is 52.9 Å². The summed E-state index contributed by atoms with van der Waals surface area (Å²) in [5, 5.41) is 0. The maximum Gasteiger partial charge on any atom is 0.289 e. The van der Waals surface area contributed by atoms with Gasteiger partial charge in [0.1, 0.15) is 11.9 Å². The Balaban J connectivity index is 1.59. The van der Waals surface area contributed by atoms with Crippen LogP contribution in [0.2, 0.25) is 0 Å². The van der Waals surface area contributed by atoms with Crippen LogP contribution in [0, 0.1) is 0 Å². The van der Waals surface area contributed by atoms with E-state index >= 15 is 0 Å². The van der Waals surface area contributed by atoms with E-state index in [0.717, 1.165) is 16.6 Å². The number of ether oxygens (including phenoxy) is 1. The van der Waals surface area contributed by atoms with E-state index in [2.05, 4.69) is 15.9 Å². The van der Waals surface area contributed by atoms with E-state index in [9.17, 15) is 4.79 Å². The molecule has 1 fully saturated rings. The van der Waals surface area contributed by atoms with E-state index in [0.29, 0.717) is 18.8 Å². The number of hydrogen-bond acceptors (Lipinski definition) is 3. The van der Waals surface area contributed by atoms with E-state index in [-0.39, 0.29) is 12.0 Å². The van der Waals surface area contributed by atoms with Crippen molar-refractivity contribution in [3.8, 4) is 5.75 Å². The van der Waals surface area contributed by atoms with Gasteiger partial charge in [0, 0.05) is 17.4 Å². The van der Waals surface area contributed by atoms with Crippen molar-refractivity contribution in [1.82, 2.24) is 4.90 Å². The summed E-state index contributed by atoms with van der Waals surface area (Å²) in [6.45, 7) is 1.29. The first kappa shape index (κ1) is 13.2. The molecule has 1 aliphatic rings. The number of carbonyl (C=O) groups is 1. The molecular formula is C15H14BrNO3. The van der Waals surface area contributed by atoms with Gasteiger partial charge in [0.15, 0.2) is 5.76 Å². The minimum atomic E-state index is -0.0723. The Morgan fingerprint density at radius 3 is 2.80 bits per heavy atom. The summed E-state index contributed by atoms with van der Waals surface area (Å²) in [6.07, 6.45) is 2.39. The molecule has 1 aromatic heterocycles. The van der Waals surface area contributed by atoms with Crippen LogP contribution < -0.4 is 4.74 Å². The van der Waals surface area contributed by atoms with Gasteiger partial charge in [-0.15, -0.1) is 0 Å². The van der Waals surface area contributed by atoms with Crippen LogP contribution in [0.1, 0.15) is 17.0 Å². The molecule has 104 valence electrons. The number of halogens is 1. The molecule has 5 heteroatoms. The molecule has 1 amide bonds. The number of benzene rings is 1. The third-order valence-electron chi connectivity index (χ3n) is 3.28. The zero-order valence-electron chi connectivity index (χ0n) is 10.8. The van der Waals surface area contributed by atoms with Crippen LogP contribution >= 0.6 is 15.9 Å². The van der Waals surface area contributed by atoms with E-state index in [1.54, 1.807) is 17.0 Å². The molecule has 3 rings (SSSR count). The topological polar surface area (TPSA) is 42.7 Å². The van der Waals surface area contributed by atoms with Crippen LogP contribution in [-0.4, -0.2) is 30.0 Å². The normalized spacial score (nSPS) is 18.2. The predicted molar refractivity (Wildman–Crippen MR) is 77.8 cm³/mol. The lowest BCUT2D eigenvalue weighted by atomic mass is 10.3. The molecule has 2 heterocycles. The third kappa shape index (κ3) is 2.88. The average Bonchev–Trinajstić information content (AvgIpc) is 3.12. The molecule has 1 aliphatic heterocycles. The van der Waals surface area contributed by atoms with Crippen LogP contribution in [0.25, 0.3) is 0 Å². The summed E-state index contributed by atoms with van der Waals surface area (Å²) in [4.78, 5) is 13.9. The summed E-state index contributed by atoms with van der Waals surface area (Å²) in [5.41, 5.74) is 0. The van der Waals surface area contributed by atoms with Gasteiger partial charge in [-0.25, -0.2) is 0 Å². The summed E-state index contributed by atoms with van der Waals surface area (Å²) in [5.74, 6) is 1.14. The highest BCUT2D eigenvalue weighted by Crippen LogP contribution is 2.21. The number of hydrogen-bond donors (Lipinski definition) is 0. The molecular weight excluding hydrogens is 322 g/mol. The highest BCUT2D eigenvalue weighted by atomic mass is 79.9. The van der Waals surface area contributed by atoms with Gasteiger partial charge >= 0.3 is 0 Å². The van der Waals surface area contributed by atoms with E-state index < -0.39 is 0 Å². The first-order chi connectivity index (χ1) is 9.72. The summed E-state index contributed by atoms with van der Waals surface area (Å²) < 4.78 is 12.0. The lowest BCUT2D eigenvalue weighted by molar-refractivity contribution is 0.0741. The molecule has 0 bridgehead atoms. The van der Waals surface area contributed by atoms with Crippen molar-refractivity contribution >= 4 is 21.8 Å². The van der Waals surface area contributed by atoms with Gasteiger partial charge in [0.05, 0.1) is 12.8 Å². The second-order valence-electron chi connectivity index (χ2n) is 4.71. The van der Waals surface area contributed by atoms with Gasteiger partial charge in [-0.05, 0) is 36.4 Å². The Morgan fingerprint density at radius 2 is 2.10 bits per heavy atom. The van der Waals surface area contributed by atoms with Crippen molar-refractivity contribution in [2.45, 2.75) is 12.5 Å². The monoisotopic (exact) mass is 335 g/mol. The lowest BCUT2D eigenvalue weighted by Crippen LogP contribution is -2.30. The van der Waals surface area contributed by atoms with Gasteiger partial charge in [-0.1, -0.05) is 15.9 Å². The largest absolute Gasteiger partial charge is 0.489 e. The van der Waals surface area contributed by atoms with Crippen LogP contribution in [0.4, 0.5) is 0 Å². The zero-order valence-corrected chi connectivity index (χ0v) is 12.4. The fourth-order valence-electron chi connectivity index (χ4n) is 2.27. The van der Waals surface area contributed by atoms with Gasteiger partial charge in [-0.3, -0.25) is 4.79 Å². The van der Waals surface area contributed by atoms with E-state index in [1.807, 2.05) is 24.3 Å². The Hall–Kier alpha value is -1.75. The number of carbonyl (C=O) groups excluding carboxylic acids is 1. The molecule has 0 saturated carbocycles. The van der Waals surface area contributed by atoms with Crippen molar-refractivity contribution < 1.29 is 13.9 Å². The van der Waals surface area contributed by atoms with Crippen molar-refractivity contribution in [1.29, 1.82) is 0 Å². The van der Waals surface area contributed by atoms with Crippen LogP contribution in [0.3, 0.4) is 0 Å². The lowest BCUT2D eigenvalue weighted by Gasteiger charge is -2.16. The fourth-order valence-corrected chi connectivity index (χ4v) is 2.53. The first-order valence-electron chi connectivity index (χ1n) is 6.47. The molecule has 0 N–H and O–H groups in total. The molecule has 1 unspecified atom stereocenters. The highest BCUT2D eigenvalue weighted by molar-refractivity contribution is 9.10. The van der Waals surface area contributed by atoms with E-state index in [4.69, 9.17) is 9.15 Å². The van der Waals surface area contributed by atoms with Gasteiger partial charge < -0.3 is 14.1 Å². The standard InChI is InChI=1S/C15H14BrNO3/c16-11-3-5-12(6-4-11)20-13-7-8-17(10-13)15(18)14-2-1-9-19-14/h1-6,9,13H,7-8,10H2. The second-order valence-corrected chi connectivity index (χ2v) is 5.63. The molecule has 1 atom stereocenters. The number of likely N-dealkylation sites (tertiary alicyclic amines) is 1. The average molecular weight is 336 g/mol. The molecule has 4 nitrogen and oxygen atoms in total. The Labute approximate surface area is 125 Å². The molecule has 0 spiro atoms. The number of rotatable bonds is 3. The minimum Gasteiger partial charge on any atom is -0.489 e. The van der Waals surface area contributed by atoms with Crippen molar-refractivity contribution in [2.75, 3.05) is 13.1 Å². The second kappa shape index (κ2) is 5.71. The smallest absolute Gasteiger partial charge is 0.289 e. The van der Waals surface area contributed by atoms with Crippen LogP contribution in [0.15, 0.2) is 51.6 Å². The number of amides is 1. The maximum absolute atomic E-state index is 12.1. The molecule has 20 heavy (non-hydrogen) atoms. The summed E-state index contributed by atoms with van der Waals surface area (Å²) >= 11 is 3.39. The predicted octanol–water partition coefficient (Wildman–Crippen LogP) is 3.34. The minimum absolute atomic E-state index is 0.0371. The Morgan fingerprint density at radius 1 is 1.30 bits per heavy atom. The molecule has 1 saturated heterocycles. The summed E-state index contributed by atoms with van der Waals surface area (Å²) in [6, 6.07) is 11.1. The SMILES string of the molecule is O=C(c1ccco1)N1CCC(Oc2ccc(Br)cc2)C1. The summed E-state index contributed by atoms with van der Waals surface area (Å²) in [7, 11) is 0. The Kier molecular flexibility index (Phi) is 3.78. The highest BCUT2D eigenvalue weighted by Gasteiger charge is 2.29.